The SMILES string of the molecule is CCC(c1ncc[nH]1)N1C(=O)NC(=O)C1=O. The molecule has 4 amide bonds. The number of carbonyl (C=O) groups is 3. The van der Waals surface area contributed by atoms with Crippen LogP contribution in [0, 0.1) is 0 Å². The summed E-state index contributed by atoms with van der Waals surface area (Å²) in [5.74, 6) is -1.25. The first-order valence-corrected chi connectivity index (χ1v) is 4.83. The van der Waals surface area contributed by atoms with E-state index in [0.717, 1.165) is 4.90 Å². The van der Waals surface area contributed by atoms with Crippen molar-refractivity contribution in [3.63, 3.8) is 0 Å². The largest absolute Gasteiger partial charge is 0.347 e. The van der Waals surface area contributed by atoms with Gasteiger partial charge in [0, 0.05) is 12.4 Å². The van der Waals surface area contributed by atoms with Gasteiger partial charge in [-0.25, -0.2) is 14.7 Å². The number of aromatic nitrogens is 2. The van der Waals surface area contributed by atoms with Crippen LogP contribution >= 0.6 is 0 Å². The summed E-state index contributed by atoms with van der Waals surface area (Å²) in [5, 5.41) is 1.95. The van der Waals surface area contributed by atoms with Crippen molar-refractivity contribution in [3.05, 3.63) is 18.2 Å². The van der Waals surface area contributed by atoms with Crippen molar-refractivity contribution in [2.24, 2.45) is 0 Å². The third-order valence-corrected chi connectivity index (χ3v) is 2.39. The number of imidazole rings is 1. The number of urea groups is 1. The van der Waals surface area contributed by atoms with Gasteiger partial charge in [0.1, 0.15) is 5.82 Å². The molecule has 1 fully saturated rings. The fourth-order valence-electron chi connectivity index (χ4n) is 1.65. The van der Waals surface area contributed by atoms with Crippen LogP contribution in [0.4, 0.5) is 4.79 Å². The molecule has 1 atom stereocenters. The van der Waals surface area contributed by atoms with Gasteiger partial charge in [0.25, 0.3) is 0 Å². The zero-order valence-electron chi connectivity index (χ0n) is 8.56. The van der Waals surface area contributed by atoms with E-state index in [1.54, 1.807) is 13.1 Å². The topological polar surface area (TPSA) is 95.2 Å². The molecule has 2 rings (SSSR count). The molecule has 1 aromatic rings. The molecular formula is C9H10N4O3. The van der Waals surface area contributed by atoms with E-state index in [1.165, 1.54) is 6.20 Å². The van der Waals surface area contributed by atoms with E-state index in [9.17, 15) is 14.4 Å². The molecule has 1 aromatic heterocycles. The highest BCUT2D eigenvalue weighted by Gasteiger charge is 2.42. The molecule has 7 nitrogen and oxygen atoms in total. The summed E-state index contributed by atoms with van der Waals surface area (Å²) in [4.78, 5) is 41.6. The van der Waals surface area contributed by atoms with Crippen LogP contribution in [-0.4, -0.2) is 32.7 Å². The summed E-state index contributed by atoms with van der Waals surface area (Å²) in [5.41, 5.74) is 0. The Hall–Kier alpha value is -2.18. The zero-order valence-corrected chi connectivity index (χ0v) is 8.56. The third-order valence-electron chi connectivity index (χ3n) is 2.39. The number of hydrogen-bond donors (Lipinski definition) is 2. The normalized spacial score (nSPS) is 17.8. The van der Waals surface area contributed by atoms with E-state index < -0.39 is 23.9 Å². The first-order chi connectivity index (χ1) is 7.65. The van der Waals surface area contributed by atoms with Crippen LogP contribution in [0.5, 0.6) is 0 Å². The lowest BCUT2D eigenvalue weighted by Gasteiger charge is -2.20. The summed E-state index contributed by atoms with van der Waals surface area (Å²) in [6.07, 6.45) is 3.61. The maximum Gasteiger partial charge on any atom is 0.332 e. The van der Waals surface area contributed by atoms with E-state index in [-0.39, 0.29) is 0 Å². The Bertz CT molecular complexity index is 440. The molecule has 16 heavy (non-hydrogen) atoms. The lowest BCUT2D eigenvalue weighted by Crippen LogP contribution is -2.35. The summed E-state index contributed by atoms with van der Waals surface area (Å²) in [6, 6.07) is -1.23. The molecule has 2 heterocycles. The third kappa shape index (κ3) is 1.46. The molecule has 0 bridgehead atoms. The van der Waals surface area contributed by atoms with Crippen molar-refractivity contribution in [2.75, 3.05) is 0 Å². The van der Waals surface area contributed by atoms with E-state index in [0.29, 0.717) is 12.2 Å². The Balaban J connectivity index is 2.32. The highest BCUT2D eigenvalue weighted by atomic mass is 16.2. The van der Waals surface area contributed by atoms with Gasteiger partial charge in [0.2, 0.25) is 0 Å². The van der Waals surface area contributed by atoms with Gasteiger partial charge in [0.05, 0.1) is 6.04 Å². The number of nitrogens with zero attached hydrogens (tertiary/aromatic N) is 2. The lowest BCUT2D eigenvalue weighted by molar-refractivity contribution is -0.141. The molecular weight excluding hydrogens is 212 g/mol. The second kappa shape index (κ2) is 3.76. The first-order valence-electron chi connectivity index (χ1n) is 4.83. The molecule has 7 heteroatoms. The minimum Gasteiger partial charge on any atom is -0.347 e. The number of imide groups is 2. The number of hydrogen-bond acceptors (Lipinski definition) is 4. The maximum atomic E-state index is 11.5. The molecule has 0 aromatic carbocycles. The number of H-pyrrole nitrogens is 1. The van der Waals surface area contributed by atoms with Crippen LogP contribution in [0.25, 0.3) is 0 Å². The average Bonchev–Trinajstić information content (AvgIpc) is 2.84. The van der Waals surface area contributed by atoms with Gasteiger partial charge in [0.15, 0.2) is 0 Å². The van der Waals surface area contributed by atoms with E-state index >= 15 is 0 Å². The van der Waals surface area contributed by atoms with E-state index in [4.69, 9.17) is 0 Å². The molecule has 0 radical (unpaired) electrons. The van der Waals surface area contributed by atoms with Crippen molar-refractivity contribution in [3.8, 4) is 0 Å². The maximum absolute atomic E-state index is 11.5. The monoisotopic (exact) mass is 222 g/mol. The van der Waals surface area contributed by atoms with Crippen LogP contribution in [0.1, 0.15) is 25.2 Å². The fourth-order valence-corrected chi connectivity index (χ4v) is 1.65. The molecule has 1 aliphatic rings. The minimum atomic E-state index is -0.894. The van der Waals surface area contributed by atoms with Crippen molar-refractivity contribution >= 4 is 17.8 Å². The van der Waals surface area contributed by atoms with Crippen LogP contribution in [-0.2, 0) is 9.59 Å². The second-order valence-corrected chi connectivity index (χ2v) is 3.33. The molecule has 84 valence electrons. The van der Waals surface area contributed by atoms with Crippen LogP contribution in [0.3, 0.4) is 0 Å². The molecule has 2 N–H and O–H groups in total. The highest BCUT2D eigenvalue weighted by Crippen LogP contribution is 2.23. The zero-order chi connectivity index (χ0) is 11.7. The summed E-state index contributed by atoms with van der Waals surface area (Å²) in [6.45, 7) is 1.80. The van der Waals surface area contributed by atoms with Crippen molar-refractivity contribution in [1.82, 2.24) is 20.2 Å². The Morgan fingerprint density at radius 2 is 2.19 bits per heavy atom. The van der Waals surface area contributed by atoms with Crippen LogP contribution in [0.2, 0.25) is 0 Å². The standard InChI is InChI=1S/C9H10N4O3/c1-2-5(6-10-3-4-11-6)13-8(15)7(14)12-9(13)16/h3-5H,2H2,1H3,(H,10,11)(H,12,14,16). The number of aromatic amines is 1. The van der Waals surface area contributed by atoms with Crippen molar-refractivity contribution in [2.45, 2.75) is 19.4 Å². The van der Waals surface area contributed by atoms with Gasteiger partial charge in [-0.2, -0.15) is 0 Å². The van der Waals surface area contributed by atoms with Crippen molar-refractivity contribution in [1.29, 1.82) is 0 Å². The Labute approximate surface area is 90.8 Å². The van der Waals surface area contributed by atoms with Crippen molar-refractivity contribution < 1.29 is 14.4 Å². The summed E-state index contributed by atoms with van der Waals surface area (Å²) < 4.78 is 0. The second-order valence-electron chi connectivity index (χ2n) is 3.33. The van der Waals surface area contributed by atoms with E-state index in [1.807, 2.05) is 5.32 Å². The predicted molar refractivity (Wildman–Crippen MR) is 52.0 cm³/mol. The van der Waals surface area contributed by atoms with Gasteiger partial charge in [-0.05, 0) is 6.42 Å². The van der Waals surface area contributed by atoms with Gasteiger partial charge in [-0.3, -0.25) is 14.9 Å². The molecule has 1 unspecified atom stereocenters. The summed E-state index contributed by atoms with van der Waals surface area (Å²) in [7, 11) is 0. The molecule has 1 saturated heterocycles. The lowest BCUT2D eigenvalue weighted by atomic mass is 10.2. The molecule has 0 saturated carbocycles. The van der Waals surface area contributed by atoms with Gasteiger partial charge in [-0.15, -0.1) is 0 Å². The predicted octanol–water partition coefficient (Wildman–Crippen LogP) is -0.0608. The number of rotatable bonds is 3. The van der Waals surface area contributed by atoms with Gasteiger partial charge >= 0.3 is 17.8 Å². The highest BCUT2D eigenvalue weighted by molar-refractivity contribution is 6.44. The van der Waals surface area contributed by atoms with Crippen LogP contribution in [0.15, 0.2) is 12.4 Å². The smallest absolute Gasteiger partial charge is 0.332 e. The Morgan fingerprint density at radius 3 is 2.62 bits per heavy atom. The number of carbonyl (C=O) groups excluding carboxylic acids is 3. The average molecular weight is 222 g/mol. The fraction of sp³-hybridized carbons (Fsp3) is 0.333. The Morgan fingerprint density at radius 1 is 1.44 bits per heavy atom. The van der Waals surface area contributed by atoms with Crippen LogP contribution < -0.4 is 5.32 Å². The van der Waals surface area contributed by atoms with Gasteiger partial charge < -0.3 is 4.98 Å². The molecule has 1 aliphatic heterocycles. The number of amides is 4. The van der Waals surface area contributed by atoms with Gasteiger partial charge in [-0.1, -0.05) is 6.92 Å². The molecule has 0 spiro atoms. The number of nitrogens with one attached hydrogen (secondary N) is 2. The molecule has 0 aliphatic carbocycles. The first kappa shape index (κ1) is 10.3. The summed E-state index contributed by atoms with van der Waals surface area (Å²) >= 11 is 0. The quantitative estimate of drug-likeness (QED) is 0.553. The van der Waals surface area contributed by atoms with E-state index in [2.05, 4.69) is 9.97 Å². The minimum absolute atomic E-state index is 0.486. The Kier molecular flexibility index (Phi) is 2.43.